The highest BCUT2D eigenvalue weighted by atomic mass is 32.2. The van der Waals surface area contributed by atoms with Gasteiger partial charge in [-0.05, 0) is 36.4 Å². The van der Waals surface area contributed by atoms with Crippen LogP contribution < -0.4 is 9.46 Å². The van der Waals surface area contributed by atoms with Crippen LogP contribution in [-0.4, -0.2) is 24.3 Å². The Morgan fingerprint density at radius 1 is 0.926 bits per heavy atom. The van der Waals surface area contributed by atoms with E-state index in [9.17, 15) is 17.2 Å². The van der Waals surface area contributed by atoms with Crippen molar-refractivity contribution in [2.45, 2.75) is 9.79 Å². The van der Waals surface area contributed by atoms with Gasteiger partial charge >= 0.3 is 0 Å². The molecule has 140 valence electrons. The van der Waals surface area contributed by atoms with Crippen molar-refractivity contribution in [3.63, 3.8) is 0 Å². The largest absolute Gasteiger partial charge is 0.497 e. The molecule has 3 aromatic carbocycles. The molecule has 0 spiro atoms. The van der Waals surface area contributed by atoms with Gasteiger partial charge in [0.05, 0.1) is 22.6 Å². The van der Waals surface area contributed by atoms with Gasteiger partial charge in [0.15, 0.2) is 11.1 Å². The molecule has 1 atom stereocenters. The van der Waals surface area contributed by atoms with Crippen LogP contribution in [0.3, 0.4) is 0 Å². The molecule has 3 rings (SSSR count). The Hall–Kier alpha value is -2.68. The van der Waals surface area contributed by atoms with Gasteiger partial charge in [-0.25, -0.2) is 12.6 Å². The number of rotatable bonds is 6. The van der Waals surface area contributed by atoms with E-state index in [1.165, 1.54) is 25.3 Å². The van der Waals surface area contributed by atoms with Crippen molar-refractivity contribution in [1.82, 2.24) is 0 Å². The Morgan fingerprint density at radius 2 is 1.59 bits per heavy atom. The van der Waals surface area contributed by atoms with Crippen LogP contribution in [0, 0.1) is 0 Å². The SMILES string of the molecule is COc1ccc(NS(=O)(=O)c2ccccc2)c(-c2ccccc2S(=O)O)c1. The van der Waals surface area contributed by atoms with Crippen LogP contribution in [-0.2, 0) is 21.1 Å². The monoisotopic (exact) mass is 403 g/mol. The Kier molecular flexibility index (Phi) is 5.59. The number of sulfonamides is 1. The van der Waals surface area contributed by atoms with Crippen molar-refractivity contribution in [3.8, 4) is 16.9 Å². The molecule has 6 nitrogen and oxygen atoms in total. The summed E-state index contributed by atoms with van der Waals surface area (Å²) >= 11 is -2.23. The number of hydrogen-bond donors (Lipinski definition) is 2. The topological polar surface area (TPSA) is 92.7 Å². The first kappa shape index (κ1) is 19.1. The van der Waals surface area contributed by atoms with E-state index in [1.807, 2.05) is 0 Å². The molecule has 2 N–H and O–H groups in total. The van der Waals surface area contributed by atoms with E-state index in [4.69, 9.17) is 4.74 Å². The van der Waals surface area contributed by atoms with Gasteiger partial charge in [-0.15, -0.1) is 0 Å². The zero-order valence-electron chi connectivity index (χ0n) is 14.3. The number of anilines is 1. The summed E-state index contributed by atoms with van der Waals surface area (Å²) in [6.07, 6.45) is 0. The summed E-state index contributed by atoms with van der Waals surface area (Å²) in [7, 11) is -2.34. The van der Waals surface area contributed by atoms with Crippen LogP contribution in [0.5, 0.6) is 5.75 Å². The summed E-state index contributed by atoms with van der Waals surface area (Å²) in [5.74, 6) is 0.492. The van der Waals surface area contributed by atoms with Gasteiger partial charge < -0.3 is 9.29 Å². The highest BCUT2D eigenvalue weighted by Crippen LogP contribution is 2.36. The fourth-order valence-electron chi connectivity index (χ4n) is 2.61. The number of nitrogens with one attached hydrogen (secondary N) is 1. The molecule has 1 unspecified atom stereocenters. The lowest BCUT2D eigenvalue weighted by Gasteiger charge is -2.16. The molecule has 3 aromatic rings. The average molecular weight is 403 g/mol. The molecule has 0 saturated carbocycles. The first-order valence-corrected chi connectivity index (χ1v) is 10.5. The van der Waals surface area contributed by atoms with Crippen LogP contribution >= 0.6 is 0 Å². The zero-order valence-corrected chi connectivity index (χ0v) is 16.0. The summed E-state index contributed by atoms with van der Waals surface area (Å²) < 4.78 is 54.5. The van der Waals surface area contributed by atoms with Gasteiger partial charge in [-0.3, -0.25) is 4.72 Å². The molecular weight excluding hydrogens is 386 g/mol. The molecule has 0 radical (unpaired) electrons. The Labute approximate surface area is 160 Å². The zero-order chi connectivity index (χ0) is 19.4. The summed E-state index contributed by atoms with van der Waals surface area (Å²) in [6, 6.07) is 19.3. The van der Waals surface area contributed by atoms with Crippen LogP contribution in [0.25, 0.3) is 11.1 Å². The third-order valence-electron chi connectivity index (χ3n) is 3.89. The maximum absolute atomic E-state index is 12.7. The van der Waals surface area contributed by atoms with Gasteiger partial charge in [-0.2, -0.15) is 0 Å². The second-order valence-corrected chi connectivity index (χ2v) is 8.20. The van der Waals surface area contributed by atoms with Crippen molar-refractivity contribution in [2.24, 2.45) is 0 Å². The van der Waals surface area contributed by atoms with E-state index >= 15 is 0 Å². The summed E-state index contributed by atoms with van der Waals surface area (Å²) in [6.45, 7) is 0. The van der Waals surface area contributed by atoms with E-state index in [1.54, 1.807) is 54.6 Å². The lowest BCUT2D eigenvalue weighted by molar-refractivity contribution is 0.415. The highest BCUT2D eigenvalue weighted by Gasteiger charge is 2.19. The highest BCUT2D eigenvalue weighted by molar-refractivity contribution is 7.92. The van der Waals surface area contributed by atoms with E-state index in [-0.39, 0.29) is 15.5 Å². The van der Waals surface area contributed by atoms with Gasteiger partial charge in [0.1, 0.15) is 5.75 Å². The van der Waals surface area contributed by atoms with Crippen molar-refractivity contribution >= 4 is 26.8 Å². The summed E-state index contributed by atoms with van der Waals surface area (Å²) in [5.41, 5.74) is 1.15. The minimum absolute atomic E-state index is 0.116. The molecule has 0 aromatic heterocycles. The van der Waals surface area contributed by atoms with E-state index in [0.29, 0.717) is 16.9 Å². The standard InChI is InChI=1S/C19H17NO5S2/c1-25-14-11-12-18(20-27(23,24)15-7-3-2-4-8-15)17(13-14)16-9-5-6-10-19(16)26(21)22/h2-13,20H,1H3,(H,21,22). The van der Waals surface area contributed by atoms with Gasteiger partial charge in [0.25, 0.3) is 10.0 Å². The lowest BCUT2D eigenvalue weighted by atomic mass is 10.0. The minimum atomic E-state index is -3.83. The fourth-order valence-corrected chi connectivity index (χ4v) is 4.27. The Bertz CT molecular complexity index is 1080. The molecule has 0 aliphatic rings. The van der Waals surface area contributed by atoms with Gasteiger partial charge in [-0.1, -0.05) is 36.4 Å². The van der Waals surface area contributed by atoms with Crippen LogP contribution in [0.15, 0.2) is 82.6 Å². The lowest BCUT2D eigenvalue weighted by Crippen LogP contribution is -2.13. The van der Waals surface area contributed by atoms with Gasteiger partial charge in [0.2, 0.25) is 0 Å². The van der Waals surface area contributed by atoms with Crippen LogP contribution in [0.4, 0.5) is 5.69 Å². The second-order valence-electron chi connectivity index (χ2n) is 5.58. The molecule has 0 amide bonds. The third-order valence-corrected chi connectivity index (χ3v) is 6.00. The molecule has 8 heteroatoms. The van der Waals surface area contributed by atoms with Gasteiger partial charge in [0, 0.05) is 11.1 Å². The molecular formula is C19H17NO5S2. The van der Waals surface area contributed by atoms with Crippen molar-refractivity contribution in [1.29, 1.82) is 0 Å². The van der Waals surface area contributed by atoms with Crippen molar-refractivity contribution in [2.75, 3.05) is 11.8 Å². The molecule has 0 fully saturated rings. The molecule has 0 heterocycles. The summed E-state index contributed by atoms with van der Waals surface area (Å²) in [5, 5.41) is 0. The molecule has 0 aliphatic heterocycles. The first-order valence-electron chi connectivity index (χ1n) is 7.88. The number of ether oxygens (including phenoxy) is 1. The van der Waals surface area contributed by atoms with Crippen LogP contribution in [0.1, 0.15) is 0 Å². The maximum atomic E-state index is 12.7. The minimum Gasteiger partial charge on any atom is -0.497 e. The molecule has 0 aliphatic carbocycles. The van der Waals surface area contributed by atoms with Crippen molar-refractivity contribution in [3.05, 3.63) is 72.8 Å². The van der Waals surface area contributed by atoms with E-state index < -0.39 is 21.1 Å². The number of methoxy groups -OCH3 is 1. The number of hydrogen-bond acceptors (Lipinski definition) is 4. The average Bonchev–Trinajstić information content (AvgIpc) is 2.68. The number of benzene rings is 3. The van der Waals surface area contributed by atoms with E-state index in [2.05, 4.69) is 4.72 Å². The van der Waals surface area contributed by atoms with Crippen molar-refractivity contribution < 1.29 is 21.9 Å². The third kappa shape index (κ3) is 4.19. The van der Waals surface area contributed by atoms with Crippen LogP contribution in [0.2, 0.25) is 0 Å². The summed E-state index contributed by atoms with van der Waals surface area (Å²) in [4.78, 5) is 0.289. The smallest absolute Gasteiger partial charge is 0.261 e. The Morgan fingerprint density at radius 3 is 2.26 bits per heavy atom. The molecule has 0 bridgehead atoms. The Balaban J connectivity index is 2.14. The predicted octanol–water partition coefficient (Wildman–Crippen LogP) is 3.74. The normalized spacial score (nSPS) is 12.4. The molecule has 0 saturated heterocycles. The predicted molar refractivity (Wildman–Crippen MR) is 105 cm³/mol. The quantitative estimate of drug-likeness (QED) is 0.612. The maximum Gasteiger partial charge on any atom is 0.261 e. The van der Waals surface area contributed by atoms with E-state index in [0.717, 1.165) is 0 Å². The first-order chi connectivity index (χ1) is 12.9. The molecule has 27 heavy (non-hydrogen) atoms. The fraction of sp³-hybridized carbons (Fsp3) is 0.0526. The second kappa shape index (κ2) is 7.91.